The second-order valence-electron chi connectivity index (χ2n) is 3.66. The number of nitrogen functional groups attached to an aromatic ring is 1. The van der Waals surface area contributed by atoms with Gasteiger partial charge in [0, 0.05) is 13.2 Å². The van der Waals surface area contributed by atoms with E-state index in [0.717, 1.165) is 0 Å². The highest BCUT2D eigenvalue weighted by Gasteiger charge is 2.28. The third-order valence-electron chi connectivity index (χ3n) is 2.52. The Balaban J connectivity index is 2.10. The van der Waals surface area contributed by atoms with E-state index in [4.69, 9.17) is 10.5 Å². The van der Waals surface area contributed by atoms with Gasteiger partial charge in [-0.15, -0.1) is 0 Å². The predicted octanol–water partition coefficient (Wildman–Crippen LogP) is -0.0874. The first-order chi connectivity index (χ1) is 7.59. The second-order valence-corrected chi connectivity index (χ2v) is 5.62. The van der Waals surface area contributed by atoms with Crippen molar-refractivity contribution in [2.45, 2.75) is 18.1 Å². The van der Waals surface area contributed by atoms with Crippen LogP contribution in [0.5, 0.6) is 0 Å². The number of H-pyrrole nitrogens is 1. The Bertz CT molecular complexity index is 450. The van der Waals surface area contributed by atoms with Gasteiger partial charge >= 0.3 is 0 Å². The van der Waals surface area contributed by atoms with Gasteiger partial charge in [0.05, 0.1) is 17.1 Å². The van der Waals surface area contributed by atoms with Crippen molar-refractivity contribution >= 4 is 21.5 Å². The van der Waals surface area contributed by atoms with Crippen molar-refractivity contribution in [1.29, 1.82) is 0 Å². The maximum atomic E-state index is 11.9. The van der Waals surface area contributed by atoms with Crippen LogP contribution < -0.4 is 10.5 Å². The number of rotatable bonds is 3. The van der Waals surface area contributed by atoms with Crippen LogP contribution in [0.15, 0.2) is 6.20 Å². The highest BCUT2D eigenvalue weighted by atomic mass is 32.2. The molecular weight excluding hydrogens is 232 g/mol. The molecule has 16 heavy (non-hydrogen) atoms. The van der Waals surface area contributed by atoms with Crippen LogP contribution in [0.25, 0.3) is 0 Å². The van der Waals surface area contributed by atoms with Gasteiger partial charge in [0.2, 0.25) is 10.0 Å². The summed E-state index contributed by atoms with van der Waals surface area (Å²) in [5.41, 5.74) is 5.82. The van der Waals surface area contributed by atoms with Gasteiger partial charge in [-0.2, -0.15) is 5.10 Å². The smallest absolute Gasteiger partial charge is 0.236 e. The standard InChI is InChI=1S/C8H14N4O3S/c9-7-5-10-11-8(7)12-16(13,14)6-1-3-15-4-2-6/h5-6H,1-4,9H2,(H2,10,11,12). The Morgan fingerprint density at radius 3 is 2.75 bits per heavy atom. The predicted molar refractivity (Wildman–Crippen MR) is 59.4 cm³/mol. The molecule has 4 N–H and O–H groups in total. The first-order valence-corrected chi connectivity index (χ1v) is 6.52. The number of aromatic amines is 1. The summed E-state index contributed by atoms with van der Waals surface area (Å²) in [6.07, 6.45) is 2.37. The number of hydrogen-bond acceptors (Lipinski definition) is 5. The highest BCUT2D eigenvalue weighted by Crippen LogP contribution is 2.20. The highest BCUT2D eigenvalue weighted by molar-refractivity contribution is 7.93. The Hall–Kier alpha value is -1.28. The molecular formula is C8H14N4O3S. The molecule has 0 atom stereocenters. The minimum atomic E-state index is -3.41. The first-order valence-electron chi connectivity index (χ1n) is 4.98. The molecule has 1 aromatic rings. The van der Waals surface area contributed by atoms with Gasteiger partial charge in [-0.05, 0) is 12.8 Å². The lowest BCUT2D eigenvalue weighted by molar-refractivity contribution is 0.0984. The van der Waals surface area contributed by atoms with Crippen molar-refractivity contribution in [1.82, 2.24) is 10.2 Å². The van der Waals surface area contributed by atoms with E-state index in [0.29, 0.717) is 26.1 Å². The quantitative estimate of drug-likeness (QED) is 0.690. The SMILES string of the molecule is Nc1cn[nH]c1NS(=O)(=O)C1CCOCC1. The molecule has 0 aliphatic carbocycles. The molecule has 7 nitrogen and oxygen atoms in total. The first kappa shape index (κ1) is 11.2. The summed E-state index contributed by atoms with van der Waals surface area (Å²) in [7, 11) is -3.41. The topological polar surface area (TPSA) is 110 Å². The van der Waals surface area contributed by atoms with Crippen LogP contribution in [0.1, 0.15) is 12.8 Å². The van der Waals surface area contributed by atoms with E-state index in [1.807, 2.05) is 0 Å². The van der Waals surface area contributed by atoms with Crippen LogP contribution in [-0.4, -0.2) is 37.1 Å². The van der Waals surface area contributed by atoms with Gasteiger partial charge in [-0.1, -0.05) is 0 Å². The molecule has 1 fully saturated rings. The van der Waals surface area contributed by atoms with Crippen molar-refractivity contribution < 1.29 is 13.2 Å². The van der Waals surface area contributed by atoms with Crippen molar-refractivity contribution in [2.24, 2.45) is 0 Å². The monoisotopic (exact) mass is 246 g/mol. The average molecular weight is 246 g/mol. The maximum absolute atomic E-state index is 11.9. The van der Waals surface area contributed by atoms with Crippen molar-refractivity contribution in [3.8, 4) is 0 Å². The summed E-state index contributed by atoms with van der Waals surface area (Å²) in [5, 5.41) is 5.73. The largest absolute Gasteiger partial charge is 0.394 e. The molecule has 8 heteroatoms. The van der Waals surface area contributed by atoms with Crippen LogP contribution in [-0.2, 0) is 14.8 Å². The summed E-state index contributed by atoms with van der Waals surface area (Å²) >= 11 is 0. The number of anilines is 2. The van der Waals surface area contributed by atoms with E-state index in [1.165, 1.54) is 6.20 Å². The van der Waals surface area contributed by atoms with Gasteiger partial charge in [0.15, 0.2) is 5.82 Å². The molecule has 0 saturated carbocycles. The third-order valence-corrected chi connectivity index (χ3v) is 4.36. The van der Waals surface area contributed by atoms with Gasteiger partial charge in [0.1, 0.15) is 0 Å². The summed E-state index contributed by atoms with van der Waals surface area (Å²) < 4.78 is 31.4. The molecule has 1 aliphatic heterocycles. The van der Waals surface area contributed by atoms with Crippen molar-refractivity contribution in [2.75, 3.05) is 23.7 Å². The van der Waals surface area contributed by atoms with Crippen LogP contribution in [0, 0.1) is 0 Å². The van der Waals surface area contributed by atoms with Gasteiger partial charge < -0.3 is 10.5 Å². The van der Waals surface area contributed by atoms with Crippen molar-refractivity contribution in [3.05, 3.63) is 6.20 Å². The van der Waals surface area contributed by atoms with Crippen LogP contribution >= 0.6 is 0 Å². The van der Waals surface area contributed by atoms with Gasteiger partial charge in [-0.3, -0.25) is 9.82 Å². The van der Waals surface area contributed by atoms with E-state index in [-0.39, 0.29) is 11.5 Å². The zero-order chi connectivity index (χ0) is 11.6. The fourth-order valence-electron chi connectivity index (χ4n) is 1.59. The summed E-state index contributed by atoms with van der Waals surface area (Å²) in [6, 6.07) is 0. The lowest BCUT2D eigenvalue weighted by atomic mass is 10.2. The molecule has 0 amide bonds. The number of hydrogen-bond donors (Lipinski definition) is 3. The Morgan fingerprint density at radius 1 is 1.50 bits per heavy atom. The Morgan fingerprint density at radius 2 is 2.19 bits per heavy atom. The lowest BCUT2D eigenvalue weighted by Crippen LogP contribution is -2.33. The van der Waals surface area contributed by atoms with Crippen LogP contribution in [0.3, 0.4) is 0 Å². The number of nitrogens with zero attached hydrogens (tertiary/aromatic N) is 1. The number of sulfonamides is 1. The zero-order valence-corrected chi connectivity index (χ0v) is 9.46. The minimum absolute atomic E-state index is 0.228. The van der Waals surface area contributed by atoms with Gasteiger partial charge in [-0.25, -0.2) is 8.42 Å². The normalized spacial score (nSPS) is 18.5. The maximum Gasteiger partial charge on any atom is 0.236 e. The number of ether oxygens (including phenoxy) is 1. The molecule has 0 bridgehead atoms. The summed E-state index contributed by atoms with van der Waals surface area (Å²) in [5.74, 6) is 0.228. The molecule has 1 aliphatic rings. The zero-order valence-electron chi connectivity index (χ0n) is 8.64. The van der Waals surface area contributed by atoms with E-state index >= 15 is 0 Å². The average Bonchev–Trinajstić information content (AvgIpc) is 2.65. The van der Waals surface area contributed by atoms with Crippen LogP contribution in [0.2, 0.25) is 0 Å². The minimum Gasteiger partial charge on any atom is -0.394 e. The Kier molecular flexibility index (Phi) is 3.01. The van der Waals surface area contributed by atoms with E-state index in [9.17, 15) is 8.42 Å². The summed E-state index contributed by atoms with van der Waals surface area (Å²) in [4.78, 5) is 0. The number of nitrogens with two attached hydrogens (primary N) is 1. The van der Waals surface area contributed by atoms with E-state index < -0.39 is 15.3 Å². The fraction of sp³-hybridized carbons (Fsp3) is 0.625. The lowest BCUT2D eigenvalue weighted by Gasteiger charge is -2.22. The molecule has 2 rings (SSSR count). The summed E-state index contributed by atoms with van der Waals surface area (Å²) in [6.45, 7) is 0.952. The van der Waals surface area contributed by atoms with Crippen LogP contribution in [0.4, 0.5) is 11.5 Å². The van der Waals surface area contributed by atoms with E-state index in [2.05, 4.69) is 14.9 Å². The third kappa shape index (κ3) is 2.27. The molecule has 0 aromatic carbocycles. The van der Waals surface area contributed by atoms with Crippen molar-refractivity contribution in [3.63, 3.8) is 0 Å². The Labute approximate surface area is 93.4 Å². The molecule has 2 heterocycles. The molecule has 1 aromatic heterocycles. The fourth-order valence-corrected chi connectivity index (χ4v) is 3.02. The molecule has 1 saturated heterocycles. The molecule has 0 radical (unpaired) electrons. The number of aromatic nitrogens is 2. The number of nitrogens with one attached hydrogen (secondary N) is 2. The van der Waals surface area contributed by atoms with E-state index in [1.54, 1.807) is 0 Å². The molecule has 0 unspecified atom stereocenters. The molecule has 0 spiro atoms. The van der Waals surface area contributed by atoms with Gasteiger partial charge in [0.25, 0.3) is 0 Å². The second kappa shape index (κ2) is 4.30. The molecule has 90 valence electrons.